The first-order chi connectivity index (χ1) is 10.1. The molecule has 0 aliphatic carbocycles. The summed E-state index contributed by atoms with van der Waals surface area (Å²) in [5.74, 6) is 0.206. The minimum Gasteiger partial charge on any atom is -0.384 e. The van der Waals surface area contributed by atoms with Crippen molar-refractivity contribution in [3.05, 3.63) is 21.3 Å². The van der Waals surface area contributed by atoms with Gasteiger partial charge in [-0.1, -0.05) is 11.6 Å². The Labute approximate surface area is 147 Å². The molecule has 22 heavy (non-hydrogen) atoms. The van der Waals surface area contributed by atoms with Gasteiger partial charge in [0.1, 0.15) is 0 Å². The van der Waals surface area contributed by atoms with Gasteiger partial charge in [0.25, 0.3) is 0 Å². The number of piperidine rings is 1. The highest BCUT2D eigenvalue weighted by molar-refractivity contribution is 7.16. The first-order valence-corrected chi connectivity index (χ1v) is 8.54. The van der Waals surface area contributed by atoms with Crippen molar-refractivity contribution in [2.24, 2.45) is 5.41 Å². The fourth-order valence-electron chi connectivity index (χ4n) is 2.89. The van der Waals surface area contributed by atoms with Crippen LogP contribution in [-0.2, 0) is 16.1 Å². The Bertz CT molecular complexity index is 470. The maximum atomic E-state index is 13.0. The second-order valence-corrected chi connectivity index (χ2v) is 7.29. The summed E-state index contributed by atoms with van der Waals surface area (Å²) < 4.78 is 6.13. The van der Waals surface area contributed by atoms with Crippen molar-refractivity contribution < 1.29 is 9.53 Å². The van der Waals surface area contributed by atoms with E-state index in [9.17, 15) is 4.79 Å². The smallest absolute Gasteiger partial charge is 0.231 e. The van der Waals surface area contributed by atoms with Crippen LogP contribution in [0.5, 0.6) is 0 Å². The van der Waals surface area contributed by atoms with Gasteiger partial charge in [0, 0.05) is 18.5 Å². The van der Waals surface area contributed by atoms with Gasteiger partial charge < -0.3 is 15.0 Å². The molecule has 2 heterocycles. The lowest BCUT2D eigenvalue weighted by Gasteiger charge is -2.39. The molecule has 1 saturated heterocycles. The quantitative estimate of drug-likeness (QED) is 0.840. The zero-order chi connectivity index (χ0) is 15.3. The van der Waals surface area contributed by atoms with Crippen LogP contribution in [0.15, 0.2) is 12.1 Å². The molecule has 4 nitrogen and oxygen atoms in total. The molecule has 0 aromatic carbocycles. The normalized spacial score (nSPS) is 16.9. The number of nitrogens with one attached hydrogen (secondary N) is 1. The van der Waals surface area contributed by atoms with Crippen molar-refractivity contribution in [3.8, 4) is 0 Å². The topological polar surface area (TPSA) is 41.6 Å². The summed E-state index contributed by atoms with van der Waals surface area (Å²) >= 11 is 7.51. The number of halogens is 2. The van der Waals surface area contributed by atoms with E-state index in [0.29, 0.717) is 19.7 Å². The number of carbonyl (C=O) groups excluding carboxylic acids is 1. The predicted octanol–water partition coefficient (Wildman–Crippen LogP) is 3.19. The third-order valence-corrected chi connectivity index (χ3v) is 5.30. The first kappa shape index (κ1) is 19.7. The zero-order valence-corrected chi connectivity index (χ0v) is 15.5. The number of nitrogens with zero attached hydrogens (tertiary/aromatic N) is 1. The minimum atomic E-state index is -0.378. The second kappa shape index (κ2) is 9.08. The number of rotatable bonds is 6. The van der Waals surface area contributed by atoms with Crippen molar-refractivity contribution in [1.82, 2.24) is 10.2 Å². The highest BCUT2D eigenvalue weighted by Crippen LogP contribution is 2.33. The van der Waals surface area contributed by atoms with Crippen LogP contribution in [0.2, 0.25) is 4.34 Å². The predicted molar refractivity (Wildman–Crippen MR) is 94.1 cm³/mol. The van der Waals surface area contributed by atoms with E-state index < -0.39 is 0 Å². The van der Waals surface area contributed by atoms with Gasteiger partial charge in [0.2, 0.25) is 5.91 Å². The van der Waals surface area contributed by atoms with Gasteiger partial charge >= 0.3 is 0 Å². The van der Waals surface area contributed by atoms with Gasteiger partial charge in [-0.3, -0.25) is 4.79 Å². The maximum Gasteiger partial charge on any atom is 0.231 e. The number of hydrogen-bond acceptors (Lipinski definition) is 4. The molecule has 0 spiro atoms. The van der Waals surface area contributed by atoms with Crippen molar-refractivity contribution in [2.75, 3.05) is 33.4 Å². The van der Waals surface area contributed by atoms with E-state index in [1.165, 1.54) is 11.3 Å². The molecule has 1 N–H and O–H groups in total. The fraction of sp³-hybridized carbons (Fsp3) is 0.667. The molecule has 7 heteroatoms. The average Bonchev–Trinajstić information content (AvgIpc) is 2.90. The number of methoxy groups -OCH3 is 1. The van der Waals surface area contributed by atoms with Crippen molar-refractivity contribution in [2.45, 2.75) is 26.3 Å². The van der Waals surface area contributed by atoms with Gasteiger partial charge in [-0.2, -0.15) is 0 Å². The van der Waals surface area contributed by atoms with Crippen LogP contribution in [0, 0.1) is 5.41 Å². The lowest BCUT2D eigenvalue weighted by atomic mass is 9.78. The van der Waals surface area contributed by atoms with E-state index >= 15 is 0 Å². The molecule has 0 unspecified atom stereocenters. The van der Waals surface area contributed by atoms with Crippen LogP contribution in [0.3, 0.4) is 0 Å². The Morgan fingerprint density at radius 1 is 1.45 bits per heavy atom. The Morgan fingerprint density at radius 3 is 2.64 bits per heavy atom. The van der Waals surface area contributed by atoms with Crippen LogP contribution < -0.4 is 5.32 Å². The minimum absolute atomic E-state index is 0. The summed E-state index contributed by atoms with van der Waals surface area (Å²) in [7, 11) is 1.67. The van der Waals surface area contributed by atoms with Crippen LogP contribution in [-0.4, -0.2) is 44.2 Å². The highest BCUT2D eigenvalue weighted by Gasteiger charge is 2.41. The number of amides is 1. The van der Waals surface area contributed by atoms with Crippen LogP contribution in [0.4, 0.5) is 0 Å². The van der Waals surface area contributed by atoms with E-state index in [0.717, 1.165) is 35.1 Å². The van der Waals surface area contributed by atoms with E-state index in [1.807, 2.05) is 24.0 Å². The van der Waals surface area contributed by atoms with E-state index in [4.69, 9.17) is 16.3 Å². The van der Waals surface area contributed by atoms with Crippen LogP contribution in [0.25, 0.3) is 0 Å². The number of thiophene rings is 1. The molecule has 1 aliphatic rings. The van der Waals surface area contributed by atoms with Crippen molar-refractivity contribution in [3.63, 3.8) is 0 Å². The molecule has 126 valence electrons. The summed E-state index contributed by atoms with van der Waals surface area (Å²) in [6.07, 6.45) is 1.67. The van der Waals surface area contributed by atoms with E-state index in [-0.39, 0.29) is 23.7 Å². The second-order valence-electron chi connectivity index (χ2n) is 5.49. The molecular formula is C15H24Cl2N2O2S. The Hall–Kier alpha value is -0.330. The van der Waals surface area contributed by atoms with E-state index in [2.05, 4.69) is 5.32 Å². The summed E-state index contributed by atoms with van der Waals surface area (Å²) in [5, 5.41) is 3.32. The van der Waals surface area contributed by atoms with Gasteiger partial charge in [0.15, 0.2) is 0 Å². The first-order valence-electron chi connectivity index (χ1n) is 7.34. The molecule has 1 aromatic rings. The summed E-state index contributed by atoms with van der Waals surface area (Å²) in [6, 6.07) is 3.88. The zero-order valence-electron chi connectivity index (χ0n) is 13.1. The molecule has 1 fully saturated rings. The average molecular weight is 367 g/mol. The molecular weight excluding hydrogens is 343 g/mol. The van der Waals surface area contributed by atoms with Crippen molar-refractivity contribution in [1.29, 1.82) is 0 Å². The van der Waals surface area contributed by atoms with E-state index in [1.54, 1.807) is 7.11 Å². The molecule has 0 saturated carbocycles. The summed E-state index contributed by atoms with van der Waals surface area (Å²) in [5.41, 5.74) is -0.378. The Kier molecular flexibility index (Phi) is 8.14. The molecule has 1 amide bonds. The molecule has 0 bridgehead atoms. The van der Waals surface area contributed by atoms with Crippen molar-refractivity contribution >= 4 is 41.3 Å². The third kappa shape index (κ3) is 4.59. The Morgan fingerprint density at radius 2 is 2.14 bits per heavy atom. The molecule has 0 radical (unpaired) electrons. The molecule has 1 aromatic heterocycles. The standard InChI is InChI=1S/C15H23ClN2O2S.ClH/c1-3-18(10-12-4-5-13(16)21-12)14(19)15(11-20-2)6-8-17-9-7-15;/h4-5,17H,3,6-11H2,1-2H3;1H. The maximum absolute atomic E-state index is 13.0. The van der Waals surface area contributed by atoms with Crippen LogP contribution >= 0.6 is 35.3 Å². The molecule has 1 aliphatic heterocycles. The Balaban J connectivity index is 0.00000242. The molecule has 2 rings (SSSR count). The summed E-state index contributed by atoms with van der Waals surface area (Å²) in [4.78, 5) is 16.1. The number of hydrogen-bond donors (Lipinski definition) is 1. The van der Waals surface area contributed by atoms with Gasteiger partial charge in [0.05, 0.1) is 22.9 Å². The molecule has 0 atom stereocenters. The third-order valence-electron chi connectivity index (χ3n) is 4.08. The lowest BCUT2D eigenvalue weighted by Crippen LogP contribution is -2.51. The van der Waals surface area contributed by atoms with Crippen LogP contribution in [0.1, 0.15) is 24.6 Å². The highest BCUT2D eigenvalue weighted by atomic mass is 35.5. The monoisotopic (exact) mass is 366 g/mol. The summed E-state index contributed by atoms with van der Waals surface area (Å²) in [6.45, 7) is 5.59. The largest absolute Gasteiger partial charge is 0.384 e. The fourth-order valence-corrected chi connectivity index (χ4v) is 3.99. The number of ether oxygens (including phenoxy) is 1. The van der Waals surface area contributed by atoms with Gasteiger partial charge in [-0.15, -0.1) is 23.7 Å². The van der Waals surface area contributed by atoms with Gasteiger partial charge in [-0.25, -0.2) is 0 Å². The lowest BCUT2D eigenvalue weighted by molar-refractivity contribution is -0.148. The van der Waals surface area contributed by atoms with Gasteiger partial charge in [-0.05, 0) is 45.0 Å². The SMILES string of the molecule is CCN(Cc1ccc(Cl)s1)C(=O)C1(COC)CCNCC1.Cl. The number of carbonyl (C=O) groups is 1.